The lowest BCUT2D eigenvalue weighted by atomic mass is 10.3. The number of amides is 1. The van der Waals surface area contributed by atoms with Gasteiger partial charge in [-0.3, -0.25) is 4.79 Å². The van der Waals surface area contributed by atoms with Crippen LogP contribution in [0.5, 0.6) is 11.5 Å². The molecule has 2 rings (SSSR count). The summed E-state index contributed by atoms with van der Waals surface area (Å²) in [6, 6.07) is 7.61. The summed E-state index contributed by atoms with van der Waals surface area (Å²) in [4.78, 5) is 9.47. The van der Waals surface area contributed by atoms with Gasteiger partial charge in [0.05, 0.1) is 39.6 Å². The molecule has 0 atom stereocenters. The number of rotatable bonds is 1. The van der Waals surface area contributed by atoms with E-state index in [0.29, 0.717) is 52.9 Å². The van der Waals surface area contributed by atoms with Gasteiger partial charge in [0.25, 0.3) is 0 Å². The molecular formula is C17H25NO6. The Morgan fingerprint density at radius 3 is 1.50 bits per heavy atom. The summed E-state index contributed by atoms with van der Waals surface area (Å²) in [5.74, 6) is 0.986. The average molecular weight is 339 g/mol. The van der Waals surface area contributed by atoms with E-state index in [1.807, 2.05) is 24.3 Å². The van der Waals surface area contributed by atoms with Crippen LogP contribution in [0.2, 0.25) is 0 Å². The molecule has 7 nitrogen and oxygen atoms in total. The summed E-state index contributed by atoms with van der Waals surface area (Å²) in [6.45, 7) is 7.45. The van der Waals surface area contributed by atoms with Gasteiger partial charge in [-0.2, -0.15) is 0 Å². The normalized spacial score (nSPS) is 16.5. The molecule has 0 spiro atoms. The molecule has 134 valence electrons. The van der Waals surface area contributed by atoms with E-state index in [0.717, 1.165) is 17.6 Å². The van der Waals surface area contributed by atoms with Gasteiger partial charge >= 0.3 is 0 Å². The second kappa shape index (κ2) is 13.4. The number of para-hydroxylation sites is 2. The summed E-state index contributed by atoms with van der Waals surface area (Å²) in [5.41, 5.74) is 4.53. The van der Waals surface area contributed by atoms with E-state index >= 15 is 0 Å². The van der Waals surface area contributed by atoms with Gasteiger partial charge < -0.3 is 29.4 Å². The fourth-order valence-corrected chi connectivity index (χ4v) is 1.65. The second-order valence-corrected chi connectivity index (χ2v) is 4.59. The summed E-state index contributed by atoms with van der Waals surface area (Å²) in [6.07, 6.45) is 1.06. The fraction of sp³-hybridized carbons (Fsp3) is 0.471. The largest absolute Gasteiger partial charge is 0.487 e. The Bertz CT molecular complexity index is 447. The molecular weight excluding hydrogens is 314 g/mol. The van der Waals surface area contributed by atoms with Crippen LogP contribution < -0.4 is 15.2 Å². The van der Waals surface area contributed by atoms with Gasteiger partial charge in [0.2, 0.25) is 5.91 Å². The van der Waals surface area contributed by atoms with Gasteiger partial charge in [-0.15, -0.1) is 0 Å². The first-order valence-corrected chi connectivity index (χ1v) is 7.73. The third-order valence-electron chi connectivity index (χ3n) is 2.76. The van der Waals surface area contributed by atoms with Crippen molar-refractivity contribution in [3.8, 4) is 11.5 Å². The van der Waals surface area contributed by atoms with E-state index in [1.54, 1.807) is 0 Å². The van der Waals surface area contributed by atoms with Gasteiger partial charge in [-0.25, -0.2) is 0 Å². The van der Waals surface area contributed by atoms with E-state index in [-0.39, 0.29) is 0 Å². The zero-order valence-electron chi connectivity index (χ0n) is 13.8. The number of carbonyl (C=O) groups is 1. The van der Waals surface area contributed by atoms with Crippen LogP contribution in [0.4, 0.5) is 0 Å². The maximum Gasteiger partial charge on any atom is 0.240 e. The lowest BCUT2D eigenvalue weighted by Gasteiger charge is -2.12. The summed E-state index contributed by atoms with van der Waals surface area (Å²) < 4.78 is 27.4. The number of fused-ring (bicyclic) bond motifs is 1. The lowest BCUT2D eigenvalue weighted by Crippen LogP contribution is -2.13. The Morgan fingerprint density at radius 2 is 1.17 bits per heavy atom. The Morgan fingerprint density at radius 1 is 0.833 bits per heavy atom. The molecule has 7 heteroatoms. The smallest absolute Gasteiger partial charge is 0.240 e. The first-order chi connectivity index (χ1) is 11.7. The van der Waals surface area contributed by atoms with Crippen LogP contribution in [0.3, 0.4) is 0 Å². The van der Waals surface area contributed by atoms with E-state index < -0.39 is 5.91 Å². The number of hydrogen-bond acceptors (Lipinski definition) is 6. The number of hydrogen-bond donors (Lipinski definition) is 1. The SMILES string of the molecule is C=CC(N)=O.c1ccc2c(c1)OCCOCCOCCOCCO2. The molecule has 0 aromatic heterocycles. The summed E-state index contributed by atoms with van der Waals surface area (Å²) >= 11 is 0. The molecule has 0 bridgehead atoms. The highest BCUT2D eigenvalue weighted by atomic mass is 16.6. The maximum absolute atomic E-state index is 9.47. The Kier molecular flexibility index (Phi) is 11.1. The number of carbonyl (C=O) groups excluding carboxylic acids is 1. The number of benzene rings is 1. The van der Waals surface area contributed by atoms with E-state index in [1.165, 1.54) is 0 Å². The molecule has 0 saturated heterocycles. The fourth-order valence-electron chi connectivity index (χ4n) is 1.65. The molecule has 0 radical (unpaired) electrons. The van der Waals surface area contributed by atoms with Crippen LogP contribution in [0.15, 0.2) is 36.9 Å². The van der Waals surface area contributed by atoms with Crippen LogP contribution in [0.25, 0.3) is 0 Å². The lowest BCUT2D eigenvalue weighted by molar-refractivity contribution is -0.113. The maximum atomic E-state index is 9.47. The van der Waals surface area contributed by atoms with E-state index in [9.17, 15) is 4.79 Å². The Labute approximate surface area is 142 Å². The van der Waals surface area contributed by atoms with Gasteiger partial charge in [0.15, 0.2) is 11.5 Å². The van der Waals surface area contributed by atoms with Crippen molar-refractivity contribution >= 4 is 5.91 Å². The molecule has 0 fully saturated rings. The third-order valence-corrected chi connectivity index (χ3v) is 2.76. The van der Waals surface area contributed by atoms with Gasteiger partial charge in [-0.1, -0.05) is 18.7 Å². The van der Waals surface area contributed by atoms with E-state index in [2.05, 4.69) is 12.3 Å². The molecule has 1 aromatic rings. The summed E-state index contributed by atoms with van der Waals surface area (Å²) in [7, 11) is 0. The van der Waals surface area contributed by atoms with Crippen LogP contribution in [-0.2, 0) is 19.0 Å². The first kappa shape index (κ1) is 20.0. The highest BCUT2D eigenvalue weighted by Crippen LogP contribution is 2.26. The monoisotopic (exact) mass is 339 g/mol. The van der Waals surface area contributed by atoms with E-state index in [4.69, 9.17) is 23.7 Å². The Hall–Kier alpha value is -2.09. The van der Waals surface area contributed by atoms with Crippen molar-refractivity contribution in [1.82, 2.24) is 0 Å². The molecule has 0 unspecified atom stereocenters. The molecule has 1 aromatic carbocycles. The zero-order valence-corrected chi connectivity index (χ0v) is 13.8. The second-order valence-electron chi connectivity index (χ2n) is 4.59. The van der Waals surface area contributed by atoms with Crippen LogP contribution in [0, 0.1) is 0 Å². The predicted octanol–water partition coefficient (Wildman–Crippen LogP) is 1.17. The van der Waals surface area contributed by atoms with Gasteiger partial charge in [0, 0.05) is 0 Å². The molecule has 1 aliphatic heterocycles. The van der Waals surface area contributed by atoms with Crippen LogP contribution in [-0.4, -0.2) is 58.8 Å². The predicted molar refractivity (Wildman–Crippen MR) is 89.3 cm³/mol. The molecule has 0 saturated carbocycles. The van der Waals surface area contributed by atoms with Crippen molar-refractivity contribution in [3.63, 3.8) is 0 Å². The highest BCUT2D eigenvalue weighted by molar-refractivity contribution is 5.84. The zero-order chi connectivity index (χ0) is 17.5. The third kappa shape index (κ3) is 9.83. The van der Waals surface area contributed by atoms with Crippen molar-refractivity contribution in [3.05, 3.63) is 36.9 Å². The first-order valence-electron chi connectivity index (χ1n) is 7.73. The molecule has 1 heterocycles. The van der Waals surface area contributed by atoms with Crippen molar-refractivity contribution in [2.45, 2.75) is 0 Å². The molecule has 0 aliphatic carbocycles. The average Bonchev–Trinajstić information content (AvgIpc) is 2.61. The molecule has 24 heavy (non-hydrogen) atoms. The van der Waals surface area contributed by atoms with Crippen LogP contribution >= 0.6 is 0 Å². The molecule has 1 amide bonds. The quantitative estimate of drug-likeness (QED) is 0.773. The standard InChI is InChI=1S/C14H20O5.C3H5NO/c1-2-4-14-13(3-1)18-11-9-16-7-5-15-6-8-17-10-12-19-14;1-2-3(4)5/h1-4H,5-12H2;2H,1H2,(H2,4,5). The number of primary amides is 1. The summed E-state index contributed by atoms with van der Waals surface area (Å²) in [5, 5.41) is 0. The van der Waals surface area contributed by atoms with Crippen molar-refractivity contribution in [2.24, 2.45) is 5.73 Å². The highest BCUT2D eigenvalue weighted by Gasteiger charge is 2.04. The number of nitrogens with two attached hydrogens (primary N) is 1. The van der Waals surface area contributed by atoms with Crippen molar-refractivity contribution in [1.29, 1.82) is 0 Å². The van der Waals surface area contributed by atoms with Gasteiger partial charge in [0.1, 0.15) is 13.2 Å². The topological polar surface area (TPSA) is 89.2 Å². The minimum atomic E-state index is -0.481. The van der Waals surface area contributed by atoms with Crippen molar-refractivity contribution < 1.29 is 28.5 Å². The van der Waals surface area contributed by atoms with Gasteiger partial charge in [-0.05, 0) is 18.2 Å². The van der Waals surface area contributed by atoms with Crippen molar-refractivity contribution in [2.75, 3.05) is 52.9 Å². The number of ether oxygens (including phenoxy) is 5. The molecule has 1 aliphatic rings. The Balaban J connectivity index is 0.000000505. The molecule has 2 N–H and O–H groups in total. The van der Waals surface area contributed by atoms with Crippen LogP contribution in [0.1, 0.15) is 0 Å². The minimum absolute atomic E-state index is 0.481. The minimum Gasteiger partial charge on any atom is -0.487 e.